The van der Waals surface area contributed by atoms with Crippen molar-refractivity contribution in [1.29, 1.82) is 0 Å². The third kappa shape index (κ3) is 5.73. The van der Waals surface area contributed by atoms with Gasteiger partial charge in [-0.25, -0.2) is 0 Å². The topological polar surface area (TPSA) is 59.4 Å². The van der Waals surface area contributed by atoms with Gasteiger partial charge in [0.1, 0.15) is 12.4 Å². The minimum atomic E-state index is -0.125. The van der Waals surface area contributed by atoms with Gasteiger partial charge in [-0.3, -0.25) is 14.4 Å². The largest absolute Gasteiger partial charge is 0.492 e. The summed E-state index contributed by atoms with van der Waals surface area (Å²) >= 11 is 0. The lowest BCUT2D eigenvalue weighted by Crippen LogP contribution is -2.25. The van der Waals surface area contributed by atoms with E-state index in [4.69, 9.17) is 4.74 Å². The summed E-state index contributed by atoms with van der Waals surface area (Å²) in [6, 6.07) is 17.3. The van der Waals surface area contributed by atoms with E-state index in [1.165, 1.54) is 25.9 Å². The predicted octanol–water partition coefficient (Wildman–Crippen LogP) is 4.28. The normalized spacial score (nSPS) is 14.0. The molecule has 0 bridgehead atoms. The predicted molar refractivity (Wildman–Crippen MR) is 123 cm³/mol. The van der Waals surface area contributed by atoms with Gasteiger partial charge in [-0.05, 0) is 87.8 Å². The minimum Gasteiger partial charge on any atom is -0.492 e. The lowest BCUT2D eigenvalue weighted by atomic mass is 10.1. The molecule has 0 atom stereocenters. The number of amides is 1. The van der Waals surface area contributed by atoms with Crippen LogP contribution in [0.25, 0.3) is 0 Å². The molecule has 6 nitrogen and oxygen atoms in total. The Morgan fingerprint density at radius 1 is 1.03 bits per heavy atom. The van der Waals surface area contributed by atoms with Crippen LogP contribution in [0, 0.1) is 13.8 Å². The number of carbonyl (C=O) groups excluding carboxylic acids is 1. The van der Waals surface area contributed by atoms with E-state index in [0.29, 0.717) is 18.7 Å². The average molecular weight is 419 g/mol. The Hall–Kier alpha value is -3.12. The molecule has 3 aromatic rings. The smallest absolute Gasteiger partial charge is 0.255 e. The first-order chi connectivity index (χ1) is 15.1. The van der Waals surface area contributed by atoms with Crippen molar-refractivity contribution >= 4 is 11.6 Å². The van der Waals surface area contributed by atoms with Gasteiger partial charge in [-0.1, -0.05) is 12.1 Å². The summed E-state index contributed by atoms with van der Waals surface area (Å²) in [5.41, 5.74) is 4.63. The molecule has 162 valence electrons. The first-order valence-electron chi connectivity index (χ1n) is 10.9. The number of nitrogens with zero attached hydrogens (tertiary/aromatic N) is 3. The van der Waals surface area contributed by atoms with Gasteiger partial charge < -0.3 is 10.1 Å². The molecule has 1 fully saturated rings. The Morgan fingerprint density at radius 2 is 1.74 bits per heavy atom. The van der Waals surface area contributed by atoms with E-state index in [0.717, 1.165) is 34.9 Å². The Bertz CT molecular complexity index is 1000. The quantitative estimate of drug-likeness (QED) is 0.593. The van der Waals surface area contributed by atoms with Crippen molar-refractivity contribution in [3.05, 3.63) is 77.1 Å². The van der Waals surface area contributed by atoms with Crippen molar-refractivity contribution in [3.8, 4) is 5.75 Å². The van der Waals surface area contributed by atoms with Crippen molar-refractivity contribution in [2.45, 2.75) is 33.2 Å². The van der Waals surface area contributed by atoms with E-state index in [2.05, 4.69) is 21.4 Å². The summed E-state index contributed by atoms with van der Waals surface area (Å²) in [6.45, 7) is 8.75. The van der Waals surface area contributed by atoms with E-state index in [1.807, 2.05) is 67.1 Å². The molecule has 1 aliphatic rings. The molecule has 6 heteroatoms. The number of carbonyl (C=O) groups is 1. The number of aryl methyl sites for hydroxylation is 2. The van der Waals surface area contributed by atoms with Crippen LogP contribution in [0.2, 0.25) is 0 Å². The van der Waals surface area contributed by atoms with Gasteiger partial charge in [0, 0.05) is 23.5 Å². The molecule has 2 aromatic carbocycles. The lowest BCUT2D eigenvalue weighted by molar-refractivity contribution is 0.102. The van der Waals surface area contributed by atoms with Gasteiger partial charge in [0.2, 0.25) is 0 Å². The summed E-state index contributed by atoms with van der Waals surface area (Å²) in [5, 5.41) is 7.44. The number of benzene rings is 2. The van der Waals surface area contributed by atoms with Crippen LogP contribution in [0.4, 0.5) is 5.69 Å². The molecule has 0 saturated carbocycles. The summed E-state index contributed by atoms with van der Waals surface area (Å²) in [7, 11) is 0. The number of hydrogen-bond acceptors (Lipinski definition) is 4. The Morgan fingerprint density at radius 3 is 2.39 bits per heavy atom. The molecular formula is C25H30N4O2. The average Bonchev–Trinajstić information content (AvgIpc) is 3.39. The third-order valence-electron chi connectivity index (χ3n) is 5.64. The van der Waals surface area contributed by atoms with E-state index in [1.54, 1.807) is 0 Å². The SMILES string of the molecule is Cc1cc(C)n(Cc2ccc(C(=O)Nc3ccc(OCCN4CCCC4)cc3)cc2)n1. The van der Waals surface area contributed by atoms with Crippen molar-refractivity contribution < 1.29 is 9.53 Å². The van der Waals surface area contributed by atoms with Gasteiger partial charge in [0.25, 0.3) is 5.91 Å². The zero-order chi connectivity index (χ0) is 21.6. The second kappa shape index (κ2) is 9.79. The second-order valence-corrected chi connectivity index (χ2v) is 8.16. The zero-order valence-corrected chi connectivity index (χ0v) is 18.3. The maximum Gasteiger partial charge on any atom is 0.255 e. The second-order valence-electron chi connectivity index (χ2n) is 8.16. The van der Waals surface area contributed by atoms with Gasteiger partial charge in [0.05, 0.1) is 12.2 Å². The third-order valence-corrected chi connectivity index (χ3v) is 5.64. The molecule has 1 saturated heterocycles. The molecule has 1 aliphatic heterocycles. The van der Waals surface area contributed by atoms with Gasteiger partial charge >= 0.3 is 0 Å². The molecule has 1 amide bonds. The van der Waals surface area contributed by atoms with Gasteiger partial charge in [-0.2, -0.15) is 5.10 Å². The number of ether oxygens (including phenoxy) is 1. The van der Waals surface area contributed by atoms with Crippen molar-refractivity contribution in [1.82, 2.24) is 14.7 Å². The van der Waals surface area contributed by atoms with Crippen LogP contribution >= 0.6 is 0 Å². The van der Waals surface area contributed by atoms with Crippen molar-refractivity contribution in [2.75, 3.05) is 31.6 Å². The highest BCUT2D eigenvalue weighted by molar-refractivity contribution is 6.04. The van der Waals surface area contributed by atoms with Crippen LogP contribution in [0.5, 0.6) is 5.75 Å². The summed E-state index contributed by atoms with van der Waals surface area (Å²) in [4.78, 5) is 15.0. The summed E-state index contributed by atoms with van der Waals surface area (Å²) < 4.78 is 7.79. The minimum absolute atomic E-state index is 0.125. The molecule has 4 rings (SSSR count). The number of likely N-dealkylation sites (tertiary alicyclic amines) is 1. The standard InChI is InChI=1S/C25H30N4O2/c1-19-17-20(2)29(27-19)18-21-5-7-22(8-6-21)25(30)26-23-9-11-24(12-10-23)31-16-15-28-13-3-4-14-28/h5-12,17H,3-4,13-16,18H2,1-2H3,(H,26,30). The molecule has 0 unspecified atom stereocenters. The lowest BCUT2D eigenvalue weighted by Gasteiger charge is -2.15. The zero-order valence-electron chi connectivity index (χ0n) is 18.3. The number of rotatable bonds is 8. The molecule has 0 aliphatic carbocycles. The fourth-order valence-corrected chi connectivity index (χ4v) is 3.91. The molecule has 1 N–H and O–H groups in total. The highest BCUT2D eigenvalue weighted by Crippen LogP contribution is 2.17. The summed E-state index contributed by atoms with van der Waals surface area (Å²) in [6.07, 6.45) is 2.58. The Kier molecular flexibility index (Phi) is 6.67. The highest BCUT2D eigenvalue weighted by atomic mass is 16.5. The van der Waals surface area contributed by atoms with E-state index >= 15 is 0 Å². The first-order valence-corrected chi connectivity index (χ1v) is 10.9. The molecule has 2 heterocycles. The Labute approximate surface area is 183 Å². The maximum absolute atomic E-state index is 12.6. The van der Waals surface area contributed by atoms with Crippen LogP contribution in [-0.2, 0) is 6.54 Å². The molecular weight excluding hydrogens is 388 g/mol. The summed E-state index contributed by atoms with van der Waals surface area (Å²) in [5.74, 6) is 0.700. The molecule has 31 heavy (non-hydrogen) atoms. The number of anilines is 1. The van der Waals surface area contributed by atoms with E-state index in [9.17, 15) is 4.79 Å². The fraction of sp³-hybridized carbons (Fsp3) is 0.360. The first kappa shape index (κ1) is 21.1. The number of hydrogen-bond donors (Lipinski definition) is 1. The van der Waals surface area contributed by atoms with Crippen LogP contribution in [0.3, 0.4) is 0 Å². The van der Waals surface area contributed by atoms with Crippen molar-refractivity contribution in [2.24, 2.45) is 0 Å². The van der Waals surface area contributed by atoms with Crippen molar-refractivity contribution in [3.63, 3.8) is 0 Å². The van der Waals surface area contributed by atoms with Crippen LogP contribution < -0.4 is 10.1 Å². The molecule has 0 radical (unpaired) electrons. The highest BCUT2D eigenvalue weighted by Gasteiger charge is 2.11. The van der Waals surface area contributed by atoms with Crippen LogP contribution in [-0.4, -0.2) is 46.8 Å². The monoisotopic (exact) mass is 418 g/mol. The van der Waals surface area contributed by atoms with Gasteiger partial charge in [0.15, 0.2) is 0 Å². The number of nitrogens with one attached hydrogen (secondary N) is 1. The van der Waals surface area contributed by atoms with E-state index in [-0.39, 0.29) is 5.91 Å². The Balaban J connectivity index is 1.27. The maximum atomic E-state index is 12.6. The van der Waals surface area contributed by atoms with Crippen LogP contribution in [0.15, 0.2) is 54.6 Å². The molecule has 1 aromatic heterocycles. The van der Waals surface area contributed by atoms with Crippen LogP contribution in [0.1, 0.15) is 40.2 Å². The number of aromatic nitrogens is 2. The fourth-order valence-electron chi connectivity index (χ4n) is 3.91. The van der Waals surface area contributed by atoms with E-state index < -0.39 is 0 Å². The molecule has 0 spiro atoms. The van der Waals surface area contributed by atoms with Gasteiger partial charge in [-0.15, -0.1) is 0 Å².